The maximum Gasteiger partial charge on any atom is 0.248 e. The van der Waals surface area contributed by atoms with Crippen LogP contribution in [0.3, 0.4) is 0 Å². The molecular formula is C15H22N4O. The third kappa shape index (κ3) is 2.58. The molecule has 0 aliphatic carbocycles. The van der Waals surface area contributed by atoms with Gasteiger partial charge in [-0.05, 0) is 50.4 Å². The van der Waals surface area contributed by atoms with Crippen LogP contribution >= 0.6 is 0 Å². The van der Waals surface area contributed by atoms with Gasteiger partial charge in [0.1, 0.15) is 0 Å². The minimum absolute atomic E-state index is 0.442. The molecule has 3 rings (SSSR count). The molecule has 0 radical (unpaired) electrons. The van der Waals surface area contributed by atoms with Gasteiger partial charge < -0.3 is 21.7 Å². The number of benzene rings is 1. The minimum atomic E-state index is -0.442. The monoisotopic (exact) mass is 274 g/mol. The van der Waals surface area contributed by atoms with Crippen LogP contribution in [0.1, 0.15) is 36.0 Å². The molecule has 108 valence electrons. The Labute approximate surface area is 119 Å². The van der Waals surface area contributed by atoms with Crippen molar-refractivity contribution in [2.75, 3.05) is 24.1 Å². The summed E-state index contributed by atoms with van der Waals surface area (Å²) in [5, 5.41) is 3.52. The minimum Gasteiger partial charge on any atom is -0.397 e. The van der Waals surface area contributed by atoms with E-state index in [1.807, 2.05) is 6.07 Å². The average molecular weight is 274 g/mol. The lowest BCUT2D eigenvalue weighted by Crippen LogP contribution is -2.42. The molecule has 5 N–H and O–H groups in total. The fourth-order valence-corrected chi connectivity index (χ4v) is 3.42. The molecule has 2 aliphatic rings. The quantitative estimate of drug-likeness (QED) is 0.728. The van der Waals surface area contributed by atoms with Crippen LogP contribution in [-0.4, -0.2) is 36.0 Å². The summed E-state index contributed by atoms with van der Waals surface area (Å²) in [5.74, 6) is -0.442. The Morgan fingerprint density at radius 1 is 1.30 bits per heavy atom. The van der Waals surface area contributed by atoms with Crippen LogP contribution in [0.25, 0.3) is 0 Å². The van der Waals surface area contributed by atoms with Gasteiger partial charge in [-0.1, -0.05) is 0 Å². The number of nitrogen functional groups attached to an aromatic ring is 1. The summed E-state index contributed by atoms with van der Waals surface area (Å²) < 4.78 is 0. The molecule has 2 fully saturated rings. The molecule has 1 aromatic carbocycles. The lowest BCUT2D eigenvalue weighted by molar-refractivity contribution is 0.100. The van der Waals surface area contributed by atoms with Gasteiger partial charge in [0.15, 0.2) is 0 Å². The molecule has 1 amide bonds. The van der Waals surface area contributed by atoms with Crippen LogP contribution in [0.15, 0.2) is 18.2 Å². The predicted octanol–water partition coefficient (Wildman–Crippen LogP) is 1.41. The lowest BCUT2D eigenvalue weighted by atomic mass is 9.97. The molecular weight excluding hydrogens is 252 g/mol. The fourth-order valence-electron chi connectivity index (χ4n) is 3.42. The van der Waals surface area contributed by atoms with E-state index in [1.165, 1.54) is 32.4 Å². The first-order valence-corrected chi connectivity index (χ1v) is 7.33. The number of carbonyl (C=O) groups is 1. The van der Waals surface area contributed by atoms with Crippen molar-refractivity contribution in [2.24, 2.45) is 5.73 Å². The van der Waals surface area contributed by atoms with Crippen molar-refractivity contribution in [3.8, 4) is 0 Å². The molecule has 0 saturated carbocycles. The molecule has 0 spiro atoms. The van der Waals surface area contributed by atoms with Crippen LogP contribution in [-0.2, 0) is 0 Å². The van der Waals surface area contributed by atoms with Gasteiger partial charge in [0.05, 0.1) is 11.4 Å². The number of hydrogen-bond donors (Lipinski definition) is 3. The second-order valence-electron chi connectivity index (χ2n) is 5.86. The summed E-state index contributed by atoms with van der Waals surface area (Å²) in [5.41, 5.74) is 13.2. The number of fused-ring (bicyclic) bond motifs is 1. The lowest BCUT2D eigenvalue weighted by Gasteiger charge is -2.35. The highest BCUT2D eigenvalue weighted by atomic mass is 16.1. The second-order valence-corrected chi connectivity index (χ2v) is 5.86. The van der Waals surface area contributed by atoms with Crippen molar-refractivity contribution in [3.63, 3.8) is 0 Å². The smallest absolute Gasteiger partial charge is 0.248 e. The number of nitrogens with zero attached hydrogens (tertiary/aromatic N) is 1. The van der Waals surface area contributed by atoms with E-state index in [0.29, 0.717) is 17.3 Å². The summed E-state index contributed by atoms with van der Waals surface area (Å²) in [7, 11) is 0. The summed E-state index contributed by atoms with van der Waals surface area (Å²) in [6.07, 6.45) is 4.96. The first kappa shape index (κ1) is 13.2. The third-order valence-electron chi connectivity index (χ3n) is 4.52. The van der Waals surface area contributed by atoms with E-state index in [1.54, 1.807) is 12.1 Å². The number of amides is 1. The Morgan fingerprint density at radius 2 is 2.15 bits per heavy atom. The van der Waals surface area contributed by atoms with E-state index in [2.05, 4.69) is 10.2 Å². The number of rotatable bonds is 3. The van der Waals surface area contributed by atoms with Crippen molar-refractivity contribution in [1.82, 2.24) is 4.90 Å². The molecule has 0 aromatic heterocycles. The molecule has 1 aromatic rings. The van der Waals surface area contributed by atoms with Gasteiger partial charge in [0, 0.05) is 24.2 Å². The number of carbonyl (C=O) groups excluding carboxylic acids is 1. The Balaban J connectivity index is 1.67. The summed E-state index contributed by atoms with van der Waals surface area (Å²) in [6, 6.07) is 6.43. The molecule has 2 unspecified atom stereocenters. The Bertz CT molecular complexity index is 517. The van der Waals surface area contributed by atoms with Crippen molar-refractivity contribution in [3.05, 3.63) is 23.8 Å². The highest BCUT2D eigenvalue weighted by molar-refractivity contribution is 5.94. The Hall–Kier alpha value is -1.75. The van der Waals surface area contributed by atoms with E-state index in [4.69, 9.17) is 11.5 Å². The third-order valence-corrected chi connectivity index (χ3v) is 4.52. The van der Waals surface area contributed by atoms with Gasteiger partial charge in [0.2, 0.25) is 5.91 Å². The normalized spacial score (nSPS) is 26.2. The highest BCUT2D eigenvalue weighted by Crippen LogP contribution is 2.30. The molecule has 5 heteroatoms. The van der Waals surface area contributed by atoms with Gasteiger partial charge in [-0.25, -0.2) is 0 Å². The second kappa shape index (κ2) is 5.32. The molecule has 2 aliphatic heterocycles. The van der Waals surface area contributed by atoms with E-state index >= 15 is 0 Å². The summed E-state index contributed by atoms with van der Waals surface area (Å²) in [4.78, 5) is 13.7. The van der Waals surface area contributed by atoms with Crippen LogP contribution in [0.5, 0.6) is 0 Å². The topological polar surface area (TPSA) is 84.4 Å². The van der Waals surface area contributed by atoms with Gasteiger partial charge in [-0.3, -0.25) is 4.79 Å². The first-order valence-electron chi connectivity index (χ1n) is 7.33. The van der Waals surface area contributed by atoms with E-state index < -0.39 is 5.91 Å². The van der Waals surface area contributed by atoms with Crippen molar-refractivity contribution in [2.45, 2.75) is 37.8 Å². The van der Waals surface area contributed by atoms with Crippen molar-refractivity contribution >= 4 is 17.3 Å². The summed E-state index contributed by atoms with van der Waals surface area (Å²) in [6.45, 7) is 2.43. The van der Waals surface area contributed by atoms with Crippen LogP contribution in [0, 0.1) is 0 Å². The zero-order valence-corrected chi connectivity index (χ0v) is 11.6. The van der Waals surface area contributed by atoms with E-state index in [9.17, 15) is 4.79 Å². The molecule has 0 bridgehead atoms. The zero-order valence-electron chi connectivity index (χ0n) is 11.6. The Morgan fingerprint density at radius 3 is 2.90 bits per heavy atom. The van der Waals surface area contributed by atoms with Crippen LogP contribution in [0.2, 0.25) is 0 Å². The van der Waals surface area contributed by atoms with Gasteiger partial charge in [0.25, 0.3) is 0 Å². The number of nitrogens with one attached hydrogen (secondary N) is 1. The molecule has 20 heavy (non-hydrogen) atoms. The number of primary amides is 1. The number of piperidine rings is 1. The van der Waals surface area contributed by atoms with E-state index in [0.717, 1.165) is 18.2 Å². The van der Waals surface area contributed by atoms with Gasteiger partial charge in [-0.2, -0.15) is 0 Å². The molecule has 2 heterocycles. The SMILES string of the molecule is NC(=O)c1ccc(NC2CCN3CCCC3C2)c(N)c1. The standard InChI is InChI=1S/C15H22N4O/c16-13-8-10(15(17)20)3-4-14(13)18-11-5-7-19-6-1-2-12(19)9-11/h3-4,8,11-12,18H,1-2,5-7,9,16H2,(H2,17,20). The number of hydrogen-bond acceptors (Lipinski definition) is 4. The maximum absolute atomic E-state index is 11.1. The first-order chi connectivity index (χ1) is 9.63. The molecule has 2 atom stereocenters. The highest BCUT2D eigenvalue weighted by Gasteiger charge is 2.31. The number of nitrogens with two attached hydrogens (primary N) is 2. The largest absolute Gasteiger partial charge is 0.397 e. The summed E-state index contributed by atoms with van der Waals surface area (Å²) >= 11 is 0. The predicted molar refractivity (Wildman–Crippen MR) is 80.6 cm³/mol. The van der Waals surface area contributed by atoms with E-state index in [-0.39, 0.29) is 0 Å². The van der Waals surface area contributed by atoms with Crippen LogP contribution in [0.4, 0.5) is 11.4 Å². The van der Waals surface area contributed by atoms with Crippen LogP contribution < -0.4 is 16.8 Å². The number of anilines is 2. The Kier molecular flexibility index (Phi) is 3.53. The molecule has 5 nitrogen and oxygen atoms in total. The van der Waals surface area contributed by atoms with Crippen molar-refractivity contribution < 1.29 is 4.79 Å². The fraction of sp³-hybridized carbons (Fsp3) is 0.533. The molecule has 2 saturated heterocycles. The van der Waals surface area contributed by atoms with Crippen molar-refractivity contribution in [1.29, 1.82) is 0 Å². The zero-order chi connectivity index (χ0) is 14.1. The van der Waals surface area contributed by atoms with Gasteiger partial charge >= 0.3 is 0 Å². The van der Waals surface area contributed by atoms with Gasteiger partial charge in [-0.15, -0.1) is 0 Å². The maximum atomic E-state index is 11.1. The average Bonchev–Trinajstić information content (AvgIpc) is 2.88.